The molecule has 3 aromatic rings. The molecule has 18 heteroatoms. The van der Waals surface area contributed by atoms with Crippen molar-refractivity contribution < 1.29 is 37.5 Å². The molecular formula is C25H40N7O9PS-2. The van der Waals surface area contributed by atoms with Crippen LogP contribution in [0.5, 0.6) is 5.75 Å². The van der Waals surface area contributed by atoms with Gasteiger partial charge in [0.25, 0.3) is 5.56 Å². The number of sulfonamides is 1. The van der Waals surface area contributed by atoms with Gasteiger partial charge in [0, 0.05) is 38.8 Å². The molecule has 4 rings (SSSR count). The Morgan fingerprint density at radius 3 is 2.30 bits per heavy atom. The Hall–Kier alpha value is -2.73. The van der Waals surface area contributed by atoms with E-state index in [4.69, 9.17) is 39.8 Å². The number of aromatic amines is 1. The van der Waals surface area contributed by atoms with Crippen LogP contribution in [-0.2, 0) is 28.1 Å². The number of hydrogen-bond donors (Lipinski definition) is 5. The number of aliphatic hydroxyl groups excluding tert-OH is 1. The number of phosphoric acid groups is 1. The first-order valence-electron chi connectivity index (χ1n) is 13.6. The SMILES string of the molecule is CCCc1nn(C)c2c(=O)[nH]c(-c3cc(S(=O)(=O)N4C[C@@H](C)N[C@@H](C)C4)ccc3OCC)nc12.NCCO.O=P([O-])([O-])O. The average molecular weight is 646 g/mol. The minimum atomic E-state index is -5.14. The molecule has 0 spiro atoms. The monoisotopic (exact) mass is 645 g/mol. The number of hydrogen-bond acceptors (Lipinski definition) is 12. The van der Waals surface area contributed by atoms with E-state index in [0.29, 0.717) is 55.0 Å². The number of rotatable bonds is 8. The molecule has 1 aliphatic rings. The first kappa shape index (κ1) is 36.5. The zero-order valence-corrected chi connectivity index (χ0v) is 26.5. The Balaban J connectivity index is 0.000000630. The van der Waals surface area contributed by atoms with E-state index in [1.54, 1.807) is 19.2 Å². The van der Waals surface area contributed by atoms with Gasteiger partial charge in [-0.3, -0.25) is 9.48 Å². The van der Waals surface area contributed by atoms with E-state index in [2.05, 4.69) is 15.4 Å². The third-order valence-electron chi connectivity index (χ3n) is 6.05. The first-order chi connectivity index (χ1) is 20.1. The van der Waals surface area contributed by atoms with Crippen molar-refractivity contribution in [3.8, 4) is 17.1 Å². The molecule has 0 radical (unpaired) electrons. The highest BCUT2D eigenvalue weighted by molar-refractivity contribution is 7.89. The van der Waals surface area contributed by atoms with Crippen LogP contribution < -0.4 is 31.1 Å². The summed E-state index contributed by atoms with van der Waals surface area (Å²) in [5.74, 6) is 0.706. The highest BCUT2D eigenvalue weighted by Crippen LogP contribution is 2.32. The van der Waals surface area contributed by atoms with E-state index < -0.39 is 17.8 Å². The van der Waals surface area contributed by atoms with Crippen LogP contribution in [0.4, 0.5) is 0 Å². The summed E-state index contributed by atoms with van der Waals surface area (Å²) >= 11 is 0. The molecule has 3 heterocycles. The number of nitrogens with one attached hydrogen (secondary N) is 2. The predicted molar refractivity (Wildman–Crippen MR) is 157 cm³/mol. The molecular weight excluding hydrogens is 605 g/mol. The molecule has 2 atom stereocenters. The summed E-state index contributed by atoms with van der Waals surface area (Å²) < 4.78 is 44.5. The molecule has 0 aliphatic carbocycles. The van der Waals surface area contributed by atoms with Crippen molar-refractivity contribution in [1.82, 2.24) is 29.4 Å². The van der Waals surface area contributed by atoms with Gasteiger partial charge in [0.1, 0.15) is 17.1 Å². The number of aryl methyl sites for hydroxylation is 2. The van der Waals surface area contributed by atoms with Crippen LogP contribution in [0.15, 0.2) is 27.9 Å². The maximum absolute atomic E-state index is 13.5. The van der Waals surface area contributed by atoms with E-state index in [-0.39, 0.29) is 35.0 Å². The fourth-order valence-corrected chi connectivity index (χ4v) is 6.18. The number of aromatic nitrogens is 4. The van der Waals surface area contributed by atoms with Crippen LogP contribution in [0.1, 0.15) is 39.8 Å². The van der Waals surface area contributed by atoms with Crippen LogP contribution in [0, 0.1) is 0 Å². The van der Waals surface area contributed by atoms with E-state index in [0.717, 1.165) is 12.1 Å². The summed E-state index contributed by atoms with van der Waals surface area (Å²) in [6.07, 6.45) is 1.54. The summed E-state index contributed by atoms with van der Waals surface area (Å²) in [4.78, 5) is 44.9. The number of nitrogens with zero attached hydrogens (tertiary/aromatic N) is 4. The lowest BCUT2D eigenvalue weighted by Gasteiger charge is -2.35. The Morgan fingerprint density at radius 1 is 1.21 bits per heavy atom. The lowest BCUT2D eigenvalue weighted by molar-refractivity contribution is -0.337. The Kier molecular flexibility index (Phi) is 13.4. The predicted octanol–water partition coefficient (Wildman–Crippen LogP) is -1.21. The van der Waals surface area contributed by atoms with Crippen molar-refractivity contribution in [3.63, 3.8) is 0 Å². The van der Waals surface area contributed by atoms with Gasteiger partial charge in [-0.2, -0.15) is 9.40 Å². The lowest BCUT2D eigenvalue weighted by Crippen LogP contribution is -2.55. The lowest BCUT2D eigenvalue weighted by atomic mass is 10.1. The summed E-state index contributed by atoms with van der Waals surface area (Å²) in [6, 6.07) is 4.80. The van der Waals surface area contributed by atoms with Crippen LogP contribution in [0.2, 0.25) is 0 Å². The molecule has 1 aliphatic heterocycles. The van der Waals surface area contributed by atoms with Crippen LogP contribution in [0.25, 0.3) is 22.4 Å². The van der Waals surface area contributed by atoms with Crippen molar-refractivity contribution in [1.29, 1.82) is 0 Å². The van der Waals surface area contributed by atoms with Gasteiger partial charge in [0.05, 0.1) is 37.2 Å². The number of ether oxygens (including phenoxy) is 1. The summed E-state index contributed by atoms with van der Waals surface area (Å²) in [5.41, 5.74) is 6.50. The minimum Gasteiger partial charge on any atom is -0.790 e. The highest BCUT2D eigenvalue weighted by atomic mass is 32.2. The number of aliphatic hydroxyl groups is 1. The third kappa shape index (κ3) is 10.2. The van der Waals surface area contributed by atoms with Gasteiger partial charge in [-0.15, -0.1) is 0 Å². The molecule has 1 fully saturated rings. The number of piperazine rings is 1. The fraction of sp³-hybridized carbons (Fsp3) is 0.560. The van der Waals surface area contributed by atoms with Gasteiger partial charge >= 0.3 is 0 Å². The number of fused-ring (bicyclic) bond motifs is 1. The summed E-state index contributed by atoms with van der Waals surface area (Å²) in [6.45, 7) is 9.43. The largest absolute Gasteiger partial charge is 0.790 e. The standard InChI is InChI=1S/C23H32N6O4S.C2H7NO.H3O4P/c1-6-8-18-20-21(28(5)27-18)23(30)26-22(25-20)17-11-16(9-10-19(17)33-7-2)34(31,32)29-12-14(3)24-15(4)13-29;3-1-2-4;1-5(2,3)4/h9-11,14-15,24H,6-8,12-13H2,1-5H3,(H,25,26,30);4H,1-3H2;(H3,1,2,3,4)/p-2/t14-,15+;;. The zero-order chi connectivity index (χ0) is 32.5. The summed E-state index contributed by atoms with van der Waals surface area (Å²) in [5, 5.41) is 15.6. The van der Waals surface area contributed by atoms with E-state index in [1.165, 1.54) is 15.1 Å². The average Bonchev–Trinajstić information content (AvgIpc) is 3.23. The number of nitrogens with two attached hydrogens (primary N) is 1. The Morgan fingerprint density at radius 2 is 1.79 bits per heavy atom. The molecule has 0 unspecified atom stereocenters. The van der Waals surface area contributed by atoms with Crippen molar-refractivity contribution in [3.05, 3.63) is 34.2 Å². The van der Waals surface area contributed by atoms with Crippen molar-refractivity contribution in [2.45, 2.75) is 57.5 Å². The van der Waals surface area contributed by atoms with Crippen molar-refractivity contribution in [2.75, 3.05) is 32.8 Å². The molecule has 16 nitrogen and oxygen atoms in total. The molecule has 43 heavy (non-hydrogen) atoms. The molecule has 0 saturated carbocycles. The molecule has 242 valence electrons. The zero-order valence-electron chi connectivity index (χ0n) is 24.8. The topological polar surface area (TPSA) is 252 Å². The van der Waals surface area contributed by atoms with Crippen LogP contribution in [0.3, 0.4) is 0 Å². The van der Waals surface area contributed by atoms with Gasteiger partial charge in [-0.1, -0.05) is 13.3 Å². The van der Waals surface area contributed by atoms with E-state index in [9.17, 15) is 13.2 Å². The Labute approximate surface area is 250 Å². The van der Waals surface area contributed by atoms with Gasteiger partial charge in [0.15, 0.2) is 5.52 Å². The van der Waals surface area contributed by atoms with Crippen LogP contribution >= 0.6 is 7.82 Å². The minimum absolute atomic E-state index is 0.0451. The Bertz CT molecular complexity index is 1550. The second kappa shape index (κ2) is 15.8. The van der Waals surface area contributed by atoms with Crippen molar-refractivity contribution in [2.24, 2.45) is 12.8 Å². The number of benzene rings is 1. The highest BCUT2D eigenvalue weighted by Gasteiger charge is 2.32. The second-order valence-electron chi connectivity index (χ2n) is 9.79. The smallest absolute Gasteiger partial charge is 0.277 e. The molecule has 0 bridgehead atoms. The molecule has 1 saturated heterocycles. The van der Waals surface area contributed by atoms with Crippen LogP contribution in [-0.4, -0.2) is 87.4 Å². The van der Waals surface area contributed by atoms with E-state index >= 15 is 0 Å². The summed E-state index contributed by atoms with van der Waals surface area (Å²) in [7, 11) is -7.18. The molecule has 6 N–H and O–H groups in total. The molecule has 2 aromatic heterocycles. The number of H-pyrrole nitrogens is 1. The molecule has 0 amide bonds. The molecule has 1 aromatic carbocycles. The van der Waals surface area contributed by atoms with Gasteiger partial charge < -0.3 is 45.1 Å². The fourth-order valence-electron chi connectivity index (χ4n) is 4.54. The van der Waals surface area contributed by atoms with Gasteiger partial charge in [0.2, 0.25) is 10.0 Å². The normalized spacial score (nSPS) is 17.5. The quantitative estimate of drug-likeness (QED) is 0.181. The van der Waals surface area contributed by atoms with E-state index in [1.807, 2.05) is 27.7 Å². The van der Waals surface area contributed by atoms with Gasteiger partial charge in [-0.05, 0) is 45.4 Å². The van der Waals surface area contributed by atoms with Crippen molar-refractivity contribution >= 4 is 28.9 Å². The third-order valence-corrected chi connectivity index (χ3v) is 7.87. The first-order valence-corrected chi connectivity index (χ1v) is 16.6. The van der Waals surface area contributed by atoms with Gasteiger partial charge in [-0.25, -0.2) is 13.4 Å². The maximum atomic E-state index is 13.5. The second-order valence-corrected chi connectivity index (χ2v) is 12.7. The maximum Gasteiger partial charge on any atom is 0.277 e.